The van der Waals surface area contributed by atoms with E-state index in [1.165, 1.54) is 24.3 Å². The van der Waals surface area contributed by atoms with Crippen molar-refractivity contribution in [3.8, 4) is 0 Å². The molecule has 2 aromatic carbocycles. The Hall–Kier alpha value is -1.75. The zero-order valence-electron chi connectivity index (χ0n) is 12.9. The molecule has 0 aliphatic heterocycles. The van der Waals surface area contributed by atoms with E-state index in [0.717, 1.165) is 0 Å². The lowest BCUT2D eigenvalue weighted by Gasteiger charge is -2.17. The molecule has 0 heterocycles. The van der Waals surface area contributed by atoms with Gasteiger partial charge >= 0.3 is 13.6 Å². The molecule has 2 aromatic rings. The monoisotopic (exact) mass is 340 g/mol. The average molecular weight is 340 g/mol. The van der Waals surface area contributed by atoms with Crippen LogP contribution < -0.4 is 0 Å². The summed E-state index contributed by atoms with van der Waals surface area (Å²) in [4.78, 5) is 11.0. The highest BCUT2D eigenvalue weighted by Crippen LogP contribution is 2.51. The van der Waals surface area contributed by atoms with Crippen LogP contribution in [-0.2, 0) is 19.8 Å². The third kappa shape index (κ3) is 4.16. The lowest BCUT2D eigenvalue weighted by atomic mass is 10.0. The normalized spacial score (nSPS) is 11.8. The number of carbonyl (C=O) groups is 1. The molecule has 0 unspecified atom stereocenters. The molecule has 0 aliphatic carbocycles. The summed E-state index contributed by atoms with van der Waals surface area (Å²) in [5, 5.41) is 9.77. The fraction of sp³-hybridized carbons (Fsp3) is 0.312. The summed E-state index contributed by atoms with van der Waals surface area (Å²) in [6.45, 7) is 3.84. The molecule has 0 aromatic heterocycles. The van der Waals surface area contributed by atoms with E-state index in [2.05, 4.69) is 0 Å². The number of hydrogen-bond acceptors (Lipinski definition) is 4. The second-order valence-electron chi connectivity index (χ2n) is 4.92. The Morgan fingerprint density at radius 1 is 1.17 bits per heavy atom. The first-order valence-corrected chi connectivity index (χ1v) is 8.95. The van der Waals surface area contributed by atoms with Gasteiger partial charge in [-0.2, -0.15) is 0 Å². The SMILES string of the molecule is CCOP(=O)(Cc1cc(F)c2ccc(C(=O)O)cc2c1)OCC. The Labute approximate surface area is 133 Å². The molecule has 7 heteroatoms. The maximum absolute atomic E-state index is 14.2. The highest BCUT2D eigenvalue weighted by atomic mass is 31.2. The molecule has 0 aliphatic rings. The molecule has 0 fully saturated rings. The van der Waals surface area contributed by atoms with Crippen molar-refractivity contribution in [2.24, 2.45) is 0 Å². The van der Waals surface area contributed by atoms with Gasteiger partial charge in [-0.3, -0.25) is 4.57 Å². The van der Waals surface area contributed by atoms with Crippen molar-refractivity contribution in [2.45, 2.75) is 20.0 Å². The van der Waals surface area contributed by atoms with Gasteiger partial charge in [0.2, 0.25) is 0 Å². The first kappa shape index (κ1) is 17.6. The Morgan fingerprint density at radius 3 is 2.39 bits per heavy atom. The Bertz CT molecular complexity index is 764. The molecule has 0 atom stereocenters. The summed E-state index contributed by atoms with van der Waals surface area (Å²) in [7, 11) is -3.35. The van der Waals surface area contributed by atoms with Crippen LogP contribution in [0.25, 0.3) is 10.8 Å². The van der Waals surface area contributed by atoms with Crippen molar-refractivity contribution in [3.63, 3.8) is 0 Å². The highest BCUT2D eigenvalue weighted by Gasteiger charge is 2.24. The molecule has 0 bridgehead atoms. The summed E-state index contributed by atoms with van der Waals surface area (Å²) >= 11 is 0. The van der Waals surface area contributed by atoms with Crippen LogP contribution in [0.1, 0.15) is 29.8 Å². The molecule has 0 spiro atoms. The second kappa shape index (κ2) is 7.21. The first-order chi connectivity index (χ1) is 10.9. The number of hydrogen-bond donors (Lipinski definition) is 1. The van der Waals surface area contributed by atoms with E-state index in [0.29, 0.717) is 16.3 Å². The number of rotatable bonds is 7. The number of aromatic carboxylic acids is 1. The van der Waals surface area contributed by atoms with E-state index in [1.54, 1.807) is 19.9 Å². The minimum Gasteiger partial charge on any atom is -0.478 e. The molecule has 0 saturated carbocycles. The van der Waals surface area contributed by atoms with Gasteiger partial charge in [0.05, 0.1) is 24.9 Å². The number of halogens is 1. The van der Waals surface area contributed by atoms with E-state index in [9.17, 15) is 13.8 Å². The molecule has 1 N–H and O–H groups in total. The van der Waals surface area contributed by atoms with Crippen molar-refractivity contribution in [2.75, 3.05) is 13.2 Å². The second-order valence-corrected chi connectivity index (χ2v) is 6.98. The van der Waals surface area contributed by atoms with Crippen LogP contribution in [0.5, 0.6) is 0 Å². The van der Waals surface area contributed by atoms with Crippen molar-refractivity contribution >= 4 is 24.3 Å². The van der Waals surface area contributed by atoms with Crippen LogP contribution in [0.15, 0.2) is 30.3 Å². The van der Waals surface area contributed by atoms with E-state index >= 15 is 0 Å². The van der Waals surface area contributed by atoms with Crippen LogP contribution in [0.2, 0.25) is 0 Å². The molecule has 0 amide bonds. The summed E-state index contributed by atoms with van der Waals surface area (Å²) in [5.74, 6) is -1.60. The third-order valence-electron chi connectivity index (χ3n) is 3.24. The smallest absolute Gasteiger partial charge is 0.335 e. The lowest BCUT2D eigenvalue weighted by Crippen LogP contribution is -2.00. The third-order valence-corrected chi connectivity index (χ3v) is 5.29. The topological polar surface area (TPSA) is 72.8 Å². The van der Waals surface area contributed by atoms with Crippen LogP contribution >= 0.6 is 7.60 Å². The van der Waals surface area contributed by atoms with E-state index < -0.39 is 19.4 Å². The molecule has 0 saturated heterocycles. The summed E-state index contributed by atoms with van der Waals surface area (Å²) in [5.41, 5.74) is 0.495. The minimum atomic E-state index is -3.35. The van der Waals surface area contributed by atoms with Crippen LogP contribution in [0.3, 0.4) is 0 Å². The highest BCUT2D eigenvalue weighted by molar-refractivity contribution is 7.53. The van der Waals surface area contributed by atoms with Crippen molar-refractivity contribution < 1.29 is 27.9 Å². The van der Waals surface area contributed by atoms with Gasteiger partial charge in [-0.1, -0.05) is 12.1 Å². The molecule has 5 nitrogen and oxygen atoms in total. The number of benzene rings is 2. The fourth-order valence-corrected chi connectivity index (χ4v) is 4.03. The van der Waals surface area contributed by atoms with Crippen LogP contribution in [-0.4, -0.2) is 24.3 Å². The van der Waals surface area contributed by atoms with E-state index in [1.807, 2.05) is 0 Å². The first-order valence-electron chi connectivity index (χ1n) is 7.22. The number of fused-ring (bicyclic) bond motifs is 1. The summed E-state index contributed by atoms with van der Waals surface area (Å²) < 4.78 is 37.2. The predicted molar refractivity (Wildman–Crippen MR) is 85.4 cm³/mol. The Balaban J connectivity index is 2.44. The van der Waals surface area contributed by atoms with Gasteiger partial charge in [0.25, 0.3) is 0 Å². The van der Waals surface area contributed by atoms with Gasteiger partial charge < -0.3 is 14.2 Å². The maximum atomic E-state index is 14.2. The van der Waals surface area contributed by atoms with Crippen LogP contribution in [0, 0.1) is 5.82 Å². The predicted octanol–water partition coefficient (Wildman–Crippen LogP) is 4.44. The summed E-state index contributed by atoms with van der Waals surface area (Å²) in [6, 6.07) is 7.03. The molecular weight excluding hydrogens is 322 g/mol. The molecule has 0 radical (unpaired) electrons. The van der Waals surface area contributed by atoms with Crippen LogP contribution in [0.4, 0.5) is 4.39 Å². The van der Waals surface area contributed by atoms with E-state index in [-0.39, 0.29) is 24.9 Å². The molecule has 2 rings (SSSR count). The zero-order chi connectivity index (χ0) is 17.0. The van der Waals surface area contributed by atoms with Gasteiger partial charge in [0, 0.05) is 5.39 Å². The number of carboxylic acids is 1. The van der Waals surface area contributed by atoms with Gasteiger partial charge in [-0.15, -0.1) is 0 Å². The standard InChI is InChI=1S/C16H18FO5P/c1-3-21-23(20,22-4-2)10-11-7-13-9-12(16(18)19)5-6-14(13)15(17)8-11/h5-9H,3-4,10H2,1-2H3,(H,18,19). The lowest BCUT2D eigenvalue weighted by molar-refractivity contribution is 0.0697. The Morgan fingerprint density at radius 2 is 1.83 bits per heavy atom. The minimum absolute atomic E-state index is 0.0619. The fourth-order valence-electron chi connectivity index (χ4n) is 2.35. The molecule has 124 valence electrons. The molecular formula is C16H18FO5P. The van der Waals surface area contributed by atoms with E-state index in [4.69, 9.17) is 14.2 Å². The number of carboxylic acid groups (broad SMARTS) is 1. The quantitative estimate of drug-likeness (QED) is 0.754. The molecule has 23 heavy (non-hydrogen) atoms. The van der Waals surface area contributed by atoms with Crippen molar-refractivity contribution in [3.05, 3.63) is 47.3 Å². The maximum Gasteiger partial charge on any atom is 0.335 e. The van der Waals surface area contributed by atoms with Gasteiger partial charge in [-0.25, -0.2) is 9.18 Å². The Kier molecular flexibility index (Phi) is 5.52. The van der Waals surface area contributed by atoms with Gasteiger partial charge in [0.15, 0.2) is 0 Å². The average Bonchev–Trinajstić information content (AvgIpc) is 2.46. The van der Waals surface area contributed by atoms with Crippen molar-refractivity contribution in [1.82, 2.24) is 0 Å². The van der Waals surface area contributed by atoms with Gasteiger partial charge in [0.1, 0.15) is 5.82 Å². The van der Waals surface area contributed by atoms with Crippen molar-refractivity contribution in [1.29, 1.82) is 0 Å². The summed E-state index contributed by atoms with van der Waals surface area (Å²) in [6.07, 6.45) is -0.0706. The largest absolute Gasteiger partial charge is 0.478 e. The van der Waals surface area contributed by atoms with Gasteiger partial charge in [-0.05, 0) is 43.0 Å². The zero-order valence-corrected chi connectivity index (χ0v) is 13.8.